The minimum absolute atomic E-state index is 0. The van der Waals surface area contributed by atoms with Crippen molar-refractivity contribution >= 4 is 202 Å². The van der Waals surface area contributed by atoms with E-state index in [0.717, 1.165) is 84.2 Å². The largest absolute Gasteiger partial charge is 0 e. The number of thiol groups is 1. The van der Waals surface area contributed by atoms with Gasteiger partial charge in [-0.1, -0.05) is 44.0 Å². The number of fused-ring (bicyclic) bond motifs is 3. The van der Waals surface area contributed by atoms with E-state index in [2.05, 4.69) is 155 Å². The van der Waals surface area contributed by atoms with Gasteiger partial charge in [0.25, 0.3) is 21.6 Å². The van der Waals surface area contributed by atoms with Crippen LogP contribution in [0.1, 0.15) is 108 Å². The van der Waals surface area contributed by atoms with Crippen LogP contribution in [-0.4, -0.2) is 224 Å². The molecule has 673 valence electrons. The molecule has 3 aromatic carbocycles. The van der Waals surface area contributed by atoms with Gasteiger partial charge in [0.1, 0.15) is 41.2 Å². The summed E-state index contributed by atoms with van der Waals surface area (Å²) in [6.07, 6.45) is 3.45. The second kappa shape index (κ2) is 50.8. The van der Waals surface area contributed by atoms with Crippen LogP contribution < -0.4 is 52.3 Å². The number of Topliss-reactive ketones (excluding diaryl/α,β-unsaturated/α-hetero) is 2. The number of nitrogens with zero attached hydrogens (tertiary/aromatic N) is 8. The van der Waals surface area contributed by atoms with Gasteiger partial charge in [-0.15, -0.1) is 11.8 Å². The number of hydrogen-bond donors (Lipinski definition) is 12. The Labute approximate surface area is 782 Å². The van der Waals surface area contributed by atoms with Gasteiger partial charge in [-0.25, -0.2) is 42.2 Å². The third-order valence-corrected chi connectivity index (χ3v) is 36.0. The molecule has 3 aliphatic rings. The van der Waals surface area contributed by atoms with Crippen molar-refractivity contribution in [3.05, 3.63) is 130 Å². The molecule has 6 atom stereocenters. The molecule has 5 heterocycles. The van der Waals surface area contributed by atoms with Crippen molar-refractivity contribution < 1.29 is 126 Å². The number of aryl methyl sites for hydroxylation is 1. The Morgan fingerprint density at radius 2 is 1.50 bits per heavy atom. The van der Waals surface area contributed by atoms with Crippen molar-refractivity contribution in [2.45, 2.75) is 164 Å². The second-order valence-electron chi connectivity index (χ2n) is 29.5. The second-order valence-corrected chi connectivity index (χ2v) is 47.1. The maximum absolute atomic E-state index is 13.8. The minimum Gasteiger partial charge on any atom is 0 e. The van der Waals surface area contributed by atoms with Crippen LogP contribution in [0.5, 0.6) is 0 Å². The summed E-state index contributed by atoms with van der Waals surface area (Å²) in [7, 11) is -12.6. The molecule has 0 spiro atoms. The topological polar surface area (TPSA) is 549 Å². The number of carboxylic acid groups (broad SMARTS) is 3. The van der Waals surface area contributed by atoms with Crippen LogP contribution in [-0.2, 0) is 113 Å². The molecule has 0 bridgehead atoms. The van der Waals surface area contributed by atoms with E-state index in [9.17, 15) is 84.7 Å². The van der Waals surface area contributed by atoms with Crippen LogP contribution in [0.25, 0.3) is 44.6 Å². The first-order valence-electron chi connectivity index (χ1n) is 39.9. The molecule has 1 radical (unpaired) electrons. The van der Waals surface area contributed by atoms with Gasteiger partial charge >= 0.3 is 31.6 Å². The Hall–Kier alpha value is -7.77. The number of aromatic amines is 1. The molecule has 47 heteroatoms. The summed E-state index contributed by atoms with van der Waals surface area (Å²) in [4.78, 5) is 150. The van der Waals surface area contributed by atoms with E-state index in [1.54, 1.807) is 31.1 Å². The number of carboxylic acids is 3. The van der Waals surface area contributed by atoms with E-state index in [1.165, 1.54) is 42.6 Å². The molecule has 125 heavy (non-hydrogen) atoms. The smallest absolute Gasteiger partial charge is 0 e. The van der Waals surface area contributed by atoms with Gasteiger partial charge in [0, 0.05) is 166 Å². The molecule has 3 aromatic heterocycles. The van der Waals surface area contributed by atoms with Crippen molar-refractivity contribution in [2.75, 3.05) is 72.1 Å². The van der Waals surface area contributed by atoms with Gasteiger partial charge in [-0.3, -0.25) is 57.6 Å². The summed E-state index contributed by atoms with van der Waals surface area (Å²) < 4.78 is 96.5. The fraction of sp³-hybridized carbons (Fsp3) is 0.436. The zero-order chi connectivity index (χ0) is 92.8. The van der Waals surface area contributed by atoms with Crippen LogP contribution >= 0.6 is 64.8 Å². The number of nitrogen functional groups attached to an aromatic ring is 1. The number of imide groups is 1. The Bertz CT molecular complexity index is 5530. The van der Waals surface area contributed by atoms with Gasteiger partial charge in [0.05, 0.1) is 64.7 Å². The third-order valence-electron chi connectivity index (χ3n) is 19.6. The number of anilines is 3. The maximum Gasteiger partial charge on any atom is 0 e. The zero-order valence-corrected chi connectivity index (χ0v) is 82.8. The Balaban J connectivity index is 0.000000414. The number of likely N-dealkylation sites (tertiary alicyclic amines) is 1. The summed E-state index contributed by atoms with van der Waals surface area (Å²) >= 11 is 8.34. The standard InChI is InChI=1S/C41H56N4O7S3Si2.C37H44N10O13S.BHO.H3INPS.Y/c1-10-23-56(6,7)52-57(8,9)29-53-41-42-27-30(28-43-41)21-22-54(46,47)33-17-20-36(39(26-33)55(48,49)50)40-34-18-15-31(44(11-2)12-3)24-37(34)51-38-25-32(16-19-35(38)40)45(13-4)14-5;1-2-47-27(50)12-26(34(47)56)61-16-19(35(57)58)10-25(49)24(13-38)44-32(54)18(11-28(51)52)9-22(48)7-8-23(36(59)60)43-31(53)17-3-5-20(6-4-17)40-14-21-15-41-30-29(42-21)33(55)46-37(39)45-30;1-2;1-3-2-4;/h15-20,24-28H,10-14,21-23,29H2,1-9H3;3-6,15,18-19,23-24,26,40H,2,7-14,16,38H2,1H3,(H,43,53)(H,44,54)(H,51,52)(H,57,58)(H,59,60)(H3,39,41,45,46,55);1H;2-4H;/p+1/t;18-,19-,23-,24-,26?;;;/m.0.../s1/i;;1D;;. The third kappa shape index (κ3) is 31.8. The number of ketones is 2. The number of halogens is 1. The molecule has 1 saturated heterocycles. The van der Waals surface area contributed by atoms with Crippen molar-refractivity contribution in [3.8, 4) is 22.5 Å². The van der Waals surface area contributed by atoms with E-state index in [1.807, 2.05) is 36.4 Å². The fourth-order valence-electron chi connectivity index (χ4n) is 13.6. The monoisotopic (exact) mass is 2060 g/mol. The number of benzene rings is 4. The van der Waals surface area contributed by atoms with Crippen LogP contribution in [0.4, 0.5) is 17.3 Å². The molecule has 1 aliphatic carbocycles. The van der Waals surface area contributed by atoms with Crippen LogP contribution in [0.2, 0.25) is 32.2 Å². The molecular formula is C78H105BIN15O21PS5Si2Y+. The number of rotatable bonds is 43. The number of thioether (sulfide) groups is 2. The van der Waals surface area contributed by atoms with Gasteiger partial charge < -0.3 is 56.2 Å². The number of H-pyrrole nitrogens is 1. The quantitative estimate of drug-likeness (QED) is 0.00165. The van der Waals surface area contributed by atoms with E-state index < -0.39 is 168 Å². The van der Waals surface area contributed by atoms with Crippen LogP contribution in [0.3, 0.4) is 0 Å². The SMILES string of the molecule is CCC[Si](C)(C)O[Si](C)(C)CSc1ncc(CCS(=O)(=O)c2ccc(-c3c4ccc(=[N+](CC)CC)cc-4oc4cc(N(CC)CC)ccc34)c(S(=O)(=O)O)c2)cn1.CCN1C(=O)CC(SC[C@H](CC(=O)[C@H](CN)NC(=O)[C@H](CC(=O)O)CC(=O)CC[C@H](NC(=O)c2ccc(NCc3cnc4nc(N)[nH]c(=O)c4n3)cc2)C(=O)O)C(=O)O)C1=O.SNPI.[2H]B=O.[Y]. The first kappa shape index (κ1) is 106. The Kier molecular flexibility index (Phi) is 43.1. The van der Waals surface area contributed by atoms with Crippen molar-refractivity contribution in [3.63, 3.8) is 0 Å². The van der Waals surface area contributed by atoms with Gasteiger partial charge in [0.15, 0.2) is 48.6 Å². The van der Waals surface area contributed by atoms with Gasteiger partial charge in [-0.2, -0.15) is 13.4 Å². The van der Waals surface area contributed by atoms with Crippen LogP contribution in [0.15, 0.2) is 122 Å². The molecule has 36 nitrogen and oxygen atoms in total. The van der Waals surface area contributed by atoms with Gasteiger partial charge in [0.2, 0.25) is 29.0 Å². The Morgan fingerprint density at radius 1 is 0.848 bits per heavy atom. The number of carbonyl (C=O) groups is 9. The molecule has 9 rings (SSSR count). The molecule has 13 N–H and O–H groups in total. The van der Waals surface area contributed by atoms with Crippen molar-refractivity contribution in [1.29, 1.82) is 1.34 Å². The normalized spacial score (nSPS) is 13.9. The van der Waals surface area contributed by atoms with Gasteiger partial charge in [-0.05, 0) is 162 Å². The summed E-state index contributed by atoms with van der Waals surface area (Å²) in [6, 6.07) is 19.5. The van der Waals surface area contributed by atoms with E-state index in [-0.39, 0.29) is 111 Å². The zero-order valence-electron chi connectivity index (χ0n) is 71.6. The molecule has 0 saturated carbocycles. The predicted octanol–water partition coefficient (Wildman–Crippen LogP) is 7.88. The number of nitrogens with one attached hydrogen (secondary N) is 5. The molecule has 4 amide bonds. The number of nitrogens with two attached hydrogens (primary N) is 2. The van der Waals surface area contributed by atoms with E-state index in [4.69, 9.17) is 26.0 Å². The van der Waals surface area contributed by atoms with Crippen LogP contribution in [0, 0.1) is 11.8 Å². The van der Waals surface area contributed by atoms with E-state index in [0.29, 0.717) is 50.0 Å². The molecule has 6 aromatic rings. The first-order chi connectivity index (χ1) is 59.1. The molecular weight excluding hydrogens is 1960 g/mol. The Morgan fingerprint density at radius 3 is 2.08 bits per heavy atom. The summed E-state index contributed by atoms with van der Waals surface area (Å²) in [5, 5.41) is 38.8. The number of amides is 4. The number of aliphatic carboxylic acids is 3. The average molecular weight is 2060 g/mol. The van der Waals surface area contributed by atoms with Crippen molar-refractivity contribution in [1.82, 2.24) is 54.5 Å². The summed E-state index contributed by atoms with van der Waals surface area (Å²) in [5.74, 6) is -11.5. The molecule has 1 fully saturated rings. The maximum atomic E-state index is 13.8. The number of aromatic nitrogens is 6. The minimum atomic E-state index is -4.90. The summed E-state index contributed by atoms with van der Waals surface area (Å²) in [6.45, 7) is 24.0. The predicted molar refractivity (Wildman–Crippen MR) is 495 cm³/mol. The van der Waals surface area contributed by atoms with E-state index >= 15 is 0 Å². The molecule has 2 aliphatic heterocycles. The first-order valence-corrected chi connectivity index (χ1v) is 55.2. The number of carbonyl (C=O) groups excluding carboxylic acids is 6. The molecule has 2 unspecified atom stereocenters. The number of sulfone groups is 1. The average Bonchev–Trinajstić information content (AvgIpc) is 0.798. The number of hydrogen-bond acceptors (Lipinski definition) is 30. The summed E-state index contributed by atoms with van der Waals surface area (Å²) in [5.41, 5.74) is 15.1. The fourth-order valence-corrected chi connectivity index (χ4v) is 27.5. The van der Waals surface area contributed by atoms with Crippen molar-refractivity contribution in [2.24, 2.45) is 17.6 Å².